The van der Waals surface area contributed by atoms with Crippen molar-refractivity contribution in [3.05, 3.63) is 51.7 Å². The third kappa shape index (κ3) is 3.75. The lowest BCUT2D eigenvalue weighted by molar-refractivity contribution is 0.0672. The van der Waals surface area contributed by atoms with Crippen molar-refractivity contribution < 1.29 is 9.59 Å². The van der Waals surface area contributed by atoms with Crippen LogP contribution in [0.25, 0.3) is 0 Å². The first-order chi connectivity index (χ1) is 12.5. The fourth-order valence-electron chi connectivity index (χ4n) is 3.13. The molecule has 26 heavy (non-hydrogen) atoms. The van der Waals surface area contributed by atoms with E-state index in [4.69, 9.17) is 0 Å². The second-order valence-electron chi connectivity index (χ2n) is 6.71. The van der Waals surface area contributed by atoms with Gasteiger partial charge < -0.3 is 10.2 Å². The summed E-state index contributed by atoms with van der Waals surface area (Å²) < 4.78 is 0. The zero-order valence-corrected chi connectivity index (χ0v) is 16.3. The molecule has 6 heteroatoms. The molecule has 5 nitrogen and oxygen atoms in total. The second kappa shape index (κ2) is 7.91. The highest BCUT2D eigenvalue weighted by Gasteiger charge is 2.26. The summed E-state index contributed by atoms with van der Waals surface area (Å²) in [6, 6.07) is 7.73. The molecule has 1 fully saturated rings. The van der Waals surface area contributed by atoms with Gasteiger partial charge in [0.05, 0.1) is 0 Å². The van der Waals surface area contributed by atoms with E-state index in [1.807, 2.05) is 35.4 Å². The molecular formula is C20H25N3O2S. The summed E-state index contributed by atoms with van der Waals surface area (Å²) in [5.41, 5.74) is 3.58. The molecule has 1 N–H and O–H groups in total. The van der Waals surface area contributed by atoms with Gasteiger partial charge in [0.25, 0.3) is 5.91 Å². The Labute approximate surface area is 158 Å². The molecule has 0 unspecified atom stereocenters. The fraction of sp³-hybridized carbons (Fsp3) is 0.400. The van der Waals surface area contributed by atoms with Crippen molar-refractivity contribution >= 4 is 29.0 Å². The number of anilines is 1. The SMILES string of the molecule is CC[C@@H](C)N(Cc1ccsc1)C(=O)c1ccc(C)c(N2CCNC2=O)c1. The minimum Gasteiger partial charge on any atom is -0.336 e. The fourth-order valence-corrected chi connectivity index (χ4v) is 3.79. The van der Waals surface area contributed by atoms with Crippen molar-refractivity contribution in [1.29, 1.82) is 0 Å². The van der Waals surface area contributed by atoms with E-state index in [0.717, 1.165) is 23.2 Å². The van der Waals surface area contributed by atoms with E-state index >= 15 is 0 Å². The van der Waals surface area contributed by atoms with Gasteiger partial charge in [0.2, 0.25) is 0 Å². The Balaban J connectivity index is 1.90. The normalized spacial score (nSPS) is 15.0. The molecule has 0 aliphatic carbocycles. The molecule has 0 bridgehead atoms. The number of aryl methyl sites for hydroxylation is 1. The molecule has 0 spiro atoms. The molecule has 1 saturated heterocycles. The molecule has 1 aromatic heterocycles. The predicted octanol–water partition coefficient (Wildman–Crippen LogP) is 4.03. The van der Waals surface area contributed by atoms with Crippen molar-refractivity contribution in [2.45, 2.75) is 39.8 Å². The van der Waals surface area contributed by atoms with E-state index < -0.39 is 0 Å². The summed E-state index contributed by atoms with van der Waals surface area (Å²) >= 11 is 1.64. The first-order valence-corrected chi connectivity index (χ1v) is 9.93. The Kier molecular flexibility index (Phi) is 5.61. The highest BCUT2D eigenvalue weighted by molar-refractivity contribution is 7.07. The van der Waals surface area contributed by atoms with Gasteiger partial charge in [-0.2, -0.15) is 11.3 Å². The minimum atomic E-state index is -0.102. The zero-order valence-electron chi connectivity index (χ0n) is 15.5. The minimum absolute atomic E-state index is 0.00593. The van der Waals surface area contributed by atoms with Gasteiger partial charge in [0.15, 0.2) is 0 Å². The summed E-state index contributed by atoms with van der Waals surface area (Å²) in [5.74, 6) is 0.00593. The number of urea groups is 1. The van der Waals surface area contributed by atoms with Gasteiger partial charge in [-0.25, -0.2) is 4.79 Å². The molecule has 1 aliphatic heterocycles. The average molecular weight is 372 g/mol. The number of amides is 3. The third-order valence-electron chi connectivity index (χ3n) is 4.92. The molecule has 1 atom stereocenters. The van der Waals surface area contributed by atoms with E-state index in [9.17, 15) is 9.59 Å². The number of hydrogen-bond donors (Lipinski definition) is 1. The average Bonchev–Trinajstić information content (AvgIpc) is 3.30. The van der Waals surface area contributed by atoms with Crippen LogP contribution in [0, 0.1) is 6.92 Å². The van der Waals surface area contributed by atoms with E-state index in [-0.39, 0.29) is 18.0 Å². The van der Waals surface area contributed by atoms with Crippen LogP contribution in [0.15, 0.2) is 35.0 Å². The molecule has 0 saturated carbocycles. The smallest absolute Gasteiger partial charge is 0.322 e. The molecule has 2 aromatic rings. The summed E-state index contributed by atoms with van der Waals surface area (Å²) in [7, 11) is 0. The van der Waals surface area contributed by atoms with Crippen LogP contribution in [0.5, 0.6) is 0 Å². The molecule has 0 radical (unpaired) electrons. The summed E-state index contributed by atoms with van der Waals surface area (Å²) in [5, 5.41) is 6.93. The van der Waals surface area contributed by atoms with Crippen LogP contribution >= 0.6 is 11.3 Å². The Morgan fingerprint density at radius 1 is 1.38 bits per heavy atom. The molecule has 3 rings (SSSR count). The number of rotatable bonds is 6. The maximum atomic E-state index is 13.2. The zero-order chi connectivity index (χ0) is 18.7. The molecule has 1 aliphatic rings. The monoisotopic (exact) mass is 371 g/mol. The maximum Gasteiger partial charge on any atom is 0.322 e. The Bertz CT molecular complexity index is 788. The number of nitrogens with zero attached hydrogens (tertiary/aromatic N) is 2. The van der Waals surface area contributed by atoms with E-state index in [1.54, 1.807) is 16.2 Å². The summed E-state index contributed by atoms with van der Waals surface area (Å²) in [6.45, 7) is 7.99. The number of benzene rings is 1. The molecular weight excluding hydrogens is 346 g/mol. The van der Waals surface area contributed by atoms with Crippen LogP contribution in [-0.2, 0) is 6.54 Å². The topological polar surface area (TPSA) is 52.7 Å². The van der Waals surface area contributed by atoms with Gasteiger partial charge in [0, 0.05) is 36.9 Å². The number of hydrogen-bond acceptors (Lipinski definition) is 3. The largest absolute Gasteiger partial charge is 0.336 e. The van der Waals surface area contributed by atoms with Crippen LogP contribution in [0.4, 0.5) is 10.5 Å². The predicted molar refractivity (Wildman–Crippen MR) is 106 cm³/mol. The van der Waals surface area contributed by atoms with E-state index in [2.05, 4.69) is 30.6 Å². The van der Waals surface area contributed by atoms with Crippen molar-refractivity contribution in [3.8, 4) is 0 Å². The molecule has 2 heterocycles. The number of thiophene rings is 1. The molecule has 1 aromatic carbocycles. The van der Waals surface area contributed by atoms with Crippen molar-refractivity contribution in [1.82, 2.24) is 10.2 Å². The Morgan fingerprint density at radius 2 is 2.19 bits per heavy atom. The van der Waals surface area contributed by atoms with E-state index in [1.165, 1.54) is 0 Å². The number of carbonyl (C=O) groups excluding carboxylic acids is 2. The quantitative estimate of drug-likeness (QED) is 0.834. The van der Waals surface area contributed by atoms with Crippen LogP contribution in [0.3, 0.4) is 0 Å². The lowest BCUT2D eigenvalue weighted by Crippen LogP contribution is -2.38. The summed E-state index contributed by atoms with van der Waals surface area (Å²) in [6.07, 6.45) is 0.892. The van der Waals surface area contributed by atoms with Crippen LogP contribution in [0.1, 0.15) is 41.8 Å². The number of nitrogens with one attached hydrogen (secondary N) is 1. The van der Waals surface area contributed by atoms with Gasteiger partial charge >= 0.3 is 6.03 Å². The first-order valence-electron chi connectivity index (χ1n) is 8.99. The van der Waals surface area contributed by atoms with Gasteiger partial charge in [-0.3, -0.25) is 9.69 Å². The van der Waals surface area contributed by atoms with Gasteiger partial charge in [-0.15, -0.1) is 0 Å². The standard InChI is InChI=1S/C20H25N3O2S/c1-4-15(3)23(12-16-7-10-26-13-16)19(24)17-6-5-14(2)18(11-17)22-9-8-21-20(22)25/h5-7,10-11,13,15H,4,8-9,12H2,1-3H3,(H,21,25)/t15-/m1/s1. The Hall–Kier alpha value is -2.34. The third-order valence-corrected chi connectivity index (χ3v) is 5.65. The van der Waals surface area contributed by atoms with Gasteiger partial charge in [-0.1, -0.05) is 13.0 Å². The highest BCUT2D eigenvalue weighted by Crippen LogP contribution is 2.25. The lowest BCUT2D eigenvalue weighted by Gasteiger charge is -2.29. The van der Waals surface area contributed by atoms with Crippen molar-refractivity contribution in [3.63, 3.8) is 0 Å². The molecule has 3 amide bonds. The first kappa shape index (κ1) is 18.5. The second-order valence-corrected chi connectivity index (χ2v) is 7.49. The Morgan fingerprint density at radius 3 is 2.81 bits per heavy atom. The van der Waals surface area contributed by atoms with Crippen LogP contribution < -0.4 is 10.2 Å². The van der Waals surface area contributed by atoms with Gasteiger partial charge in [-0.05, 0) is 60.4 Å². The molecule has 138 valence electrons. The highest BCUT2D eigenvalue weighted by atomic mass is 32.1. The lowest BCUT2D eigenvalue weighted by atomic mass is 10.1. The van der Waals surface area contributed by atoms with Gasteiger partial charge in [0.1, 0.15) is 0 Å². The van der Waals surface area contributed by atoms with Crippen molar-refractivity contribution in [2.75, 3.05) is 18.0 Å². The van der Waals surface area contributed by atoms with Crippen LogP contribution in [-0.4, -0.2) is 36.0 Å². The maximum absolute atomic E-state index is 13.2. The summed E-state index contributed by atoms with van der Waals surface area (Å²) in [4.78, 5) is 28.9. The number of carbonyl (C=O) groups is 2. The van der Waals surface area contributed by atoms with Crippen LogP contribution in [0.2, 0.25) is 0 Å². The van der Waals surface area contributed by atoms with E-state index in [0.29, 0.717) is 25.2 Å². The van der Waals surface area contributed by atoms with Crippen molar-refractivity contribution in [2.24, 2.45) is 0 Å².